The fourth-order valence-electron chi connectivity index (χ4n) is 3.02. The van der Waals surface area contributed by atoms with Crippen LogP contribution in [0.5, 0.6) is 5.75 Å². The zero-order valence-electron chi connectivity index (χ0n) is 14.8. The van der Waals surface area contributed by atoms with Crippen LogP contribution < -0.4 is 4.74 Å². The largest absolute Gasteiger partial charge is 0.493 e. The molecule has 0 bridgehead atoms. The molecule has 3 aromatic rings. The SMILES string of the molecule is O=C(O)C(Cc1cc(Cl)ccc1OCCc1ccccc1)c1ccccc1. The van der Waals surface area contributed by atoms with Crippen molar-refractivity contribution in [2.45, 2.75) is 18.8 Å². The summed E-state index contributed by atoms with van der Waals surface area (Å²) in [5.41, 5.74) is 2.76. The van der Waals surface area contributed by atoms with Crippen LogP contribution in [0.4, 0.5) is 0 Å². The van der Waals surface area contributed by atoms with Crippen LogP contribution in [0.1, 0.15) is 22.6 Å². The van der Waals surface area contributed by atoms with Crippen molar-refractivity contribution < 1.29 is 14.6 Å². The van der Waals surface area contributed by atoms with Crippen LogP contribution in [0.2, 0.25) is 5.02 Å². The minimum Gasteiger partial charge on any atom is -0.493 e. The molecule has 0 spiro atoms. The van der Waals surface area contributed by atoms with Crippen LogP contribution in [0.15, 0.2) is 78.9 Å². The van der Waals surface area contributed by atoms with E-state index >= 15 is 0 Å². The lowest BCUT2D eigenvalue weighted by Crippen LogP contribution is -2.15. The van der Waals surface area contributed by atoms with E-state index in [4.69, 9.17) is 16.3 Å². The molecular formula is C23H21ClO3. The second-order valence-electron chi connectivity index (χ2n) is 6.34. The lowest BCUT2D eigenvalue weighted by atomic mass is 9.91. The Morgan fingerprint density at radius 2 is 1.63 bits per heavy atom. The number of rotatable bonds is 8. The van der Waals surface area contributed by atoms with Gasteiger partial charge < -0.3 is 9.84 Å². The molecule has 1 unspecified atom stereocenters. The van der Waals surface area contributed by atoms with E-state index in [9.17, 15) is 9.90 Å². The van der Waals surface area contributed by atoms with Gasteiger partial charge in [-0.25, -0.2) is 0 Å². The summed E-state index contributed by atoms with van der Waals surface area (Å²) >= 11 is 6.15. The van der Waals surface area contributed by atoms with Crippen molar-refractivity contribution in [3.05, 3.63) is 101 Å². The first-order valence-electron chi connectivity index (χ1n) is 8.86. The Morgan fingerprint density at radius 3 is 2.30 bits per heavy atom. The van der Waals surface area contributed by atoms with E-state index in [1.54, 1.807) is 12.1 Å². The Bertz CT molecular complexity index is 879. The second kappa shape index (κ2) is 9.24. The predicted octanol–water partition coefficient (Wildman–Crippen LogP) is 5.37. The average Bonchev–Trinajstić information content (AvgIpc) is 2.69. The van der Waals surface area contributed by atoms with Gasteiger partial charge in [0.1, 0.15) is 5.75 Å². The number of carboxylic acid groups (broad SMARTS) is 1. The van der Waals surface area contributed by atoms with Gasteiger partial charge in [-0.15, -0.1) is 0 Å². The fraction of sp³-hybridized carbons (Fsp3) is 0.174. The number of hydrogen-bond donors (Lipinski definition) is 1. The number of halogens is 1. The third kappa shape index (κ3) is 5.35. The van der Waals surface area contributed by atoms with Gasteiger partial charge in [0.2, 0.25) is 0 Å². The summed E-state index contributed by atoms with van der Waals surface area (Å²) < 4.78 is 5.96. The van der Waals surface area contributed by atoms with E-state index in [0.717, 1.165) is 17.5 Å². The van der Waals surface area contributed by atoms with Gasteiger partial charge in [-0.1, -0.05) is 72.3 Å². The summed E-state index contributed by atoms with van der Waals surface area (Å²) in [7, 11) is 0. The molecule has 0 aliphatic rings. The molecule has 0 saturated heterocycles. The molecule has 4 heteroatoms. The summed E-state index contributed by atoms with van der Waals surface area (Å²) in [6, 6.07) is 24.7. The first kappa shape index (κ1) is 19.0. The second-order valence-corrected chi connectivity index (χ2v) is 6.78. The van der Waals surface area contributed by atoms with Gasteiger partial charge in [-0.05, 0) is 41.3 Å². The maximum absolute atomic E-state index is 11.8. The molecule has 27 heavy (non-hydrogen) atoms. The number of aliphatic carboxylic acids is 1. The molecule has 0 fully saturated rings. The van der Waals surface area contributed by atoms with Crippen LogP contribution in [-0.2, 0) is 17.6 Å². The van der Waals surface area contributed by atoms with Gasteiger partial charge in [0.15, 0.2) is 0 Å². The van der Waals surface area contributed by atoms with Crippen molar-refractivity contribution >= 4 is 17.6 Å². The summed E-state index contributed by atoms with van der Waals surface area (Å²) in [5, 5.41) is 10.3. The minimum absolute atomic E-state index is 0.320. The van der Waals surface area contributed by atoms with Crippen LogP contribution in [0.25, 0.3) is 0 Å². The maximum atomic E-state index is 11.8. The third-order valence-corrected chi connectivity index (χ3v) is 4.67. The molecule has 0 radical (unpaired) electrons. The summed E-state index contributed by atoms with van der Waals surface area (Å²) in [4.78, 5) is 11.8. The van der Waals surface area contributed by atoms with Crippen molar-refractivity contribution in [2.24, 2.45) is 0 Å². The highest BCUT2D eigenvalue weighted by molar-refractivity contribution is 6.30. The predicted molar refractivity (Wildman–Crippen MR) is 108 cm³/mol. The third-order valence-electron chi connectivity index (χ3n) is 4.44. The Hall–Kier alpha value is -2.78. The Balaban J connectivity index is 1.75. The standard InChI is InChI=1S/C23H21ClO3/c24-20-11-12-22(27-14-13-17-7-3-1-4-8-17)19(15-20)16-21(23(25)26)18-9-5-2-6-10-18/h1-12,15,21H,13-14,16H2,(H,25,26). The highest BCUT2D eigenvalue weighted by atomic mass is 35.5. The Kier molecular flexibility index (Phi) is 6.50. The zero-order valence-corrected chi connectivity index (χ0v) is 15.6. The van der Waals surface area contributed by atoms with Gasteiger partial charge >= 0.3 is 5.97 Å². The Labute approximate surface area is 164 Å². The van der Waals surface area contributed by atoms with Crippen LogP contribution in [0.3, 0.4) is 0 Å². The molecule has 0 aromatic heterocycles. The summed E-state index contributed by atoms with van der Waals surface area (Å²) in [5.74, 6) is -0.838. The molecule has 3 nitrogen and oxygen atoms in total. The number of hydrogen-bond acceptors (Lipinski definition) is 2. The van der Waals surface area contributed by atoms with E-state index < -0.39 is 11.9 Å². The highest BCUT2D eigenvalue weighted by Crippen LogP contribution is 2.29. The molecule has 0 saturated carbocycles. The van der Waals surface area contributed by atoms with E-state index in [2.05, 4.69) is 12.1 Å². The monoisotopic (exact) mass is 380 g/mol. The maximum Gasteiger partial charge on any atom is 0.311 e. The molecular weight excluding hydrogens is 360 g/mol. The molecule has 1 N–H and O–H groups in total. The minimum atomic E-state index is -0.864. The smallest absolute Gasteiger partial charge is 0.311 e. The van der Waals surface area contributed by atoms with Crippen LogP contribution in [-0.4, -0.2) is 17.7 Å². The normalized spacial score (nSPS) is 11.7. The molecule has 3 rings (SSSR count). The van der Waals surface area contributed by atoms with Crippen LogP contribution >= 0.6 is 11.6 Å². The first-order chi connectivity index (χ1) is 13.1. The molecule has 3 aromatic carbocycles. The number of benzene rings is 3. The molecule has 0 heterocycles. The van der Waals surface area contributed by atoms with E-state index in [1.807, 2.05) is 54.6 Å². The molecule has 0 amide bonds. The molecule has 1 atom stereocenters. The van der Waals surface area contributed by atoms with Crippen LogP contribution in [0, 0.1) is 0 Å². The lowest BCUT2D eigenvalue weighted by Gasteiger charge is -2.17. The van der Waals surface area contributed by atoms with Crippen molar-refractivity contribution in [3.63, 3.8) is 0 Å². The van der Waals surface area contributed by atoms with Crippen molar-refractivity contribution in [1.82, 2.24) is 0 Å². The van der Waals surface area contributed by atoms with Gasteiger partial charge in [0.05, 0.1) is 12.5 Å². The number of carboxylic acids is 1. The fourth-order valence-corrected chi connectivity index (χ4v) is 3.22. The van der Waals surface area contributed by atoms with Gasteiger partial charge in [0.25, 0.3) is 0 Å². The van der Waals surface area contributed by atoms with Gasteiger partial charge in [-0.3, -0.25) is 4.79 Å². The Morgan fingerprint density at radius 1 is 0.963 bits per heavy atom. The van der Waals surface area contributed by atoms with Crippen molar-refractivity contribution in [2.75, 3.05) is 6.61 Å². The topological polar surface area (TPSA) is 46.5 Å². The first-order valence-corrected chi connectivity index (χ1v) is 9.24. The lowest BCUT2D eigenvalue weighted by molar-refractivity contribution is -0.138. The summed E-state index contributed by atoms with van der Waals surface area (Å²) in [6.45, 7) is 0.516. The van der Waals surface area contributed by atoms with Crippen molar-refractivity contribution in [3.8, 4) is 5.75 Å². The van der Waals surface area contributed by atoms with Gasteiger partial charge in [-0.2, -0.15) is 0 Å². The zero-order chi connectivity index (χ0) is 19.1. The van der Waals surface area contributed by atoms with Gasteiger partial charge in [0, 0.05) is 11.4 Å². The quantitative estimate of drug-likeness (QED) is 0.571. The number of ether oxygens (including phenoxy) is 1. The molecule has 138 valence electrons. The molecule has 0 aliphatic carbocycles. The van der Waals surface area contributed by atoms with E-state index in [0.29, 0.717) is 23.8 Å². The highest BCUT2D eigenvalue weighted by Gasteiger charge is 2.22. The number of carbonyl (C=O) groups is 1. The molecule has 0 aliphatic heterocycles. The average molecular weight is 381 g/mol. The van der Waals surface area contributed by atoms with Crippen molar-refractivity contribution in [1.29, 1.82) is 0 Å². The van der Waals surface area contributed by atoms with E-state index in [1.165, 1.54) is 5.56 Å². The van der Waals surface area contributed by atoms with E-state index in [-0.39, 0.29) is 0 Å². The summed E-state index contributed by atoms with van der Waals surface area (Å²) in [6.07, 6.45) is 1.10.